The molecule has 0 aliphatic heterocycles. The van der Waals surface area contributed by atoms with E-state index in [-0.39, 0.29) is 11.5 Å². The summed E-state index contributed by atoms with van der Waals surface area (Å²) < 4.78 is 4.92. The van der Waals surface area contributed by atoms with Gasteiger partial charge in [0, 0.05) is 18.9 Å². The third kappa shape index (κ3) is 4.27. The summed E-state index contributed by atoms with van der Waals surface area (Å²) in [7, 11) is 0. The molecule has 9 nitrogen and oxygen atoms in total. The Morgan fingerprint density at radius 1 is 1.16 bits per heavy atom. The van der Waals surface area contributed by atoms with E-state index in [0.29, 0.717) is 5.56 Å². The minimum absolute atomic E-state index is 0.327. The first-order chi connectivity index (χ1) is 11.6. The maximum Gasteiger partial charge on any atom is 0.335 e. The maximum atomic E-state index is 11.8. The Bertz CT molecular complexity index is 699. The number of rotatable bonds is 4. The summed E-state index contributed by atoms with van der Waals surface area (Å²) in [5, 5.41) is 57.0. The molecule has 2 rings (SSSR count). The molecule has 4 atom stereocenters. The third-order valence-electron chi connectivity index (χ3n) is 3.94. The van der Waals surface area contributed by atoms with Crippen LogP contribution in [0.3, 0.4) is 0 Å². The molecular weight excluding hydrogens is 336 g/mol. The highest BCUT2D eigenvalue weighted by atomic mass is 16.6. The summed E-state index contributed by atoms with van der Waals surface area (Å²) in [6.07, 6.45) is -3.44. The molecule has 0 amide bonds. The monoisotopic (exact) mass is 354 g/mol. The van der Waals surface area contributed by atoms with Gasteiger partial charge in [-0.15, -0.1) is 0 Å². The number of carboxylic acid groups (broad SMARTS) is 1. The van der Waals surface area contributed by atoms with Crippen molar-refractivity contribution in [2.75, 3.05) is 0 Å². The number of benzene rings is 1. The quantitative estimate of drug-likeness (QED) is 0.234. The van der Waals surface area contributed by atoms with Crippen LogP contribution >= 0.6 is 0 Å². The van der Waals surface area contributed by atoms with E-state index < -0.39 is 48.7 Å². The third-order valence-corrected chi connectivity index (χ3v) is 3.94. The number of carbonyl (C=O) groups is 2. The van der Waals surface area contributed by atoms with Gasteiger partial charge in [0.25, 0.3) is 0 Å². The molecule has 1 fully saturated rings. The molecule has 0 aromatic heterocycles. The zero-order chi connectivity index (χ0) is 18.8. The summed E-state index contributed by atoms with van der Waals surface area (Å²) in [5.41, 5.74) is -1.94. The Labute approximate surface area is 142 Å². The number of hydrogen-bond donors (Lipinski definition) is 6. The van der Waals surface area contributed by atoms with Crippen molar-refractivity contribution < 1.29 is 45.0 Å². The Kier molecular flexibility index (Phi) is 5.31. The Hall–Kier alpha value is -2.62. The van der Waals surface area contributed by atoms with Gasteiger partial charge in [-0.1, -0.05) is 6.07 Å². The van der Waals surface area contributed by atoms with Crippen LogP contribution in [0.1, 0.15) is 18.4 Å². The lowest BCUT2D eigenvalue weighted by Gasteiger charge is -2.39. The second kappa shape index (κ2) is 7.09. The molecular formula is C16H18O9. The van der Waals surface area contributed by atoms with Crippen LogP contribution in [0, 0.1) is 0 Å². The Morgan fingerprint density at radius 3 is 2.44 bits per heavy atom. The normalized spacial score (nSPS) is 29.5. The Balaban J connectivity index is 2.06. The van der Waals surface area contributed by atoms with Gasteiger partial charge in [-0.05, 0) is 23.8 Å². The minimum Gasteiger partial charge on any atom is -0.504 e. The second-order valence-corrected chi connectivity index (χ2v) is 5.86. The van der Waals surface area contributed by atoms with Gasteiger partial charge >= 0.3 is 11.9 Å². The summed E-state index contributed by atoms with van der Waals surface area (Å²) >= 11 is 0. The molecule has 0 spiro atoms. The highest BCUT2D eigenvalue weighted by Crippen LogP contribution is 2.31. The number of phenols is 2. The lowest BCUT2D eigenvalue weighted by atomic mass is 9.79. The van der Waals surface area contributed by atoms with Crippen LogP contribution in [0.15, 0.2) is 24.3 Å². The molecule has 0 saturated heterocycles. The molecule has 1 aliphatic carbocycles. The van der Waals surface area contributed by atoms with E-state index in [9.17, 15) is 35.1 Å². The highest BCUT2D eigenvalue weighted by Gasteiger charge is 2.50. The van der Waals surface area contributed by atoms with Crippen molar-refractivity contribution in [3.63, 3.8) is 0 Å². The predicted octanol–water partition coefficient (Wildman–Crippen LogP) is -0.646. The first-order valence-corrected chi connectivity index (χ1v) is 7.35. The zero-order valence-corrected chi connectivity index (χ0v) is 12.9. The summed E-state index contributed by atoms with van der Waals surface area (Å²) in [5.74, 6) is -3.24. The molecule has 136 valence electrons. The fourth-order valence-corrected chi connectivity index (χ4v) is 2.53. The van der Waals surface area contributed by atoms with Crippen LogP contribution in [0.25, 0.3) is 6.08 Å². The fraction of sp³-hybridized carbons (Fsp3) is 0.375. The number of phenolic OH excluding ortho intramolecular Hbond substituents is 2. The molecule has 1 aliphatic rings. The van der Waals surface area contributed by atoms with Gasteiger partial charge in [-0.2, -0.15) is 0 Å². The van der Waals surface area contributed by atoms with Gasteiger partial charge in [0.1, 0.15) is 12.2 Å². The van der Waals surface area contributed by atoms with Crippen molar-refractivity contribution in [3.8, 4) is 11.5 Å². The van der Waals surface area contributed by atoms with E-state index in [2.05, 4.69) is 0 Å². The summed E-state index contributed by atoms with van der Waals surface area (Å²) in [6.45, 7) is 0. The molecule has 25 heavy (non-hydrogen) atoms. The molecule has 1 saturated carbocycles. The zero-order valence-electron chi connectivity index (χ0n) is 12.9. The number of aromatic hydroxyl groups is 2. The van der Waals surface area contributed by atoms with Gasteiger partial charge in [0.05, 0.1) is 6.10 Å². The lowest BCUT2D eigenvalue weighted by Crippen LogP contribution is -2.57. The van der Waals surface area contributed by atoms with E-state index in [4.69, 9.17) is 9.84 Å². The average molecular weight is 354 g/mol. The molecule has 0 radical (unpaired) electrons. The number of aliphatic hydroxyl groups excluding tert-OH is 2. The standard InChI is InChI=1S/C16H18O9/c17-9-3-1-8(5-10(9)18)2-4-13(20)25-12-7-16(24,15(22)23)6-11(19)14(12)21/h1-5,11-12,14,17-19,21,24H,6-7H2,(H,22,23)/b4-2+/t11?,12?,14-,16+/m0/s1. The van der Waals surface area contributed by atoms with E-state index in [0.717, 1.165) is 6.08 Å². The molecule has 0 heterocycles. The number of aliphatic hydroxyl groups is 3. The molecule has 2 unspecified atom stereocenters. The summed E-state index contributed by atoms with van der Waals surface area (Å²) in [6, 6.07) is 3.83. The van der Waals surface area contributed by atoms with Gasteiger partial charge in [-0.3, -0.25) is 0 Å². The van der Waals surface area contributed by atoms with Crippen LogP contribution in [-0.2, 0) is 14.3 Å². The fourth-order valence-electron chi connectivity index (χ4n) is 2.53. The van der Waals surface area contributed by atoms with Crippen molar-refractivity contribution in [2.45, 2.75) is 36.8 Å². The highest BCUT2D eigenvalue weighted by molar-refractivity contribution is 5.87. The minimum atomic E-state index is -2.31. The van der Waals surface area contributed by atoms with Gasteiger partial charge in [0.15, 0.2) is 17.1 Å². The van der Waals surface area contributed by atoms with E-state index in [1.807, 2.05) is 0 Å². The smallest absolute Gasteiger partial charge is 0.335 e. The van der Waals surface area contributed by atoms with Crippen molar-refractivity contribution in [2.24, 2.45) is 0 Å². The van der Waals surface area contributed by atoms with Crippen LogP contribution in [-0.4, -0.2) is 66.5 Å². The Morgan fingerprint density at radius 2 is 1.84 bits per heavy atom. The first-order valence-electron chi connectivity index (χ1n) is 7.35. The van der Waals surface area contributed by atoms with Gasteiger partial charge in [-0.25, -0.2) is 9.59 Å². The van der Waals surface area contributed by atoms with E-state index >= 15 is 0 Å². The number of carbonyl (C=O) groups excluding carboxylic acids is 1. The van der Waals surface area contributed by atoms with Crippen molar-refractivity contribution >= 4 is 18.0 Å². The number of ether oxygens (including phenoxy) is 1. The topological polar surface area (TPSA) is 165 Å². The van der Waals surface area contributed by atoms with E-state index in [1.54, 1.807) is 0 Å². The molecule has 0 bridgehead atoms. The number of carboxylic acids is 1. The van der Waals surface area contributed by atoms with Crippen molar-refractivity contribution in [1.29, 1.82) is 0 Å². The van der Waals surface area contributed by atoms with Crippen LogP contribution < -0.4 is 0 Å². The molecule has 9 heteroatoms. The maximum absolute atomic E-state index is 11.8. The average Bonchev–Trinajstić information content (AvgIpc) is 2.53. The van der Waals surface area contributed by atoms with Crippen LogP contribution in [0.2, 0.25) is 0 Å². The SMILES string of the molecule is O=C(/C=C/c1ccc(O)c(O)c1)OC1C[C@@](O)(C(=O)O)CC(O)[C@@H]1O. The van der Waals surface area contributed by atoms with Gasteiger partial charge in [0.2, 0.25) is 0 Å². The van der Waals surface area contributed by atoms with Crippen molar-refractivity contribution in [1.82, 2.24) is 0 Å². The van der Waals surface area contributed by atoms with E-state index in [1.165, 1.54) is 24.3 Å². The molecule has 1 aromatic carbocycles. The summed E-state index contributed by atoms with van der Waals surface area (Å²) in [4.78, 5) is 22.9. The van der Waals surface area contributed by atoms with Crippen molar-refractivity contribution in [3.05, 3.63) is 29.8 Å². The number of hydrogen-bond acceptors (Lipinski definition) is 8. The number of aliphatic carboxylic acids is 1. The predicted molar refractivity (Wildman–Crippen MR) is 82.5 cm³/mol. The molecule has 6 N–H and O–H groups in total. The molecule has 1 aromatic rings. The largest absolute Gasteiger partial charge is 0.504 e. The van der Waals surface area contributed by atoms with Crippen LogP contribution in [0.5, 0.6) is 11.5 Å². The lowest BCUT2D eigenvalue weighted by molar-refractivity contribution is -0.196. The first kappa shape index (κ1) is 18.7. The number of esters is 1. The van der Waals surface area contributed by atoms with Gasteiger partial charge < -0.3 is 35.4 Å². The second-order valence-electron chi connectivity index (χ2n) is 5.86. The van der Waals surface area contributed by atoms with Crippen LogP contribution in [0.4, 0.5) is 0 Å².